The van der Waals surface area contributed by atoms with Gasteiger partial charge < -0.3 is 10.1 Å². The Hall–Kier alpha value is -1.07. The van der Waals surface area contributed by atoms with Crippen LogP contribution in [0.1, 0.15) is 31.1 Å². The Balaban J connectivity index is 2.08. The molecule has 19 heavy (non-hydrogen) atoms. The van der Waals surface area contributed by atoms with Gasteiger partial charge in [0.1, 0.15) is 0 Å². The van der Waals surface area contributed by atoms with Crippen molar-refractivity contribution < 1.29 is 17.9 Å². The molecule has 1 fully saturated rings. The summed E-state index contributed by atoms with van der Waals surface area (Å²) in [5, 5.41) is 3.32. The van der Waals surface area contributed by atoms with Crippen LogP contribution < -0.4 is 5.32 Å². The number of hydrogen-bond acceptors (Lipinski definition) is 2. The molecule has 2 unspecified atom stereocenters. The van der Waals surface area contributed by atoms with Gasteiger partial charge in [-0.2, -0.15) is 13.2 Å². The topological polar surface area (TPSA) is 21.3 Å². The van der Waals surface area contributed by atoms with Crippen molar-refractivity contribution in [1.29, 1.82) is 0 Å². The molecular formula is C14H18F3NO. The highest BCUT2D eigenvalue weighted by molar-refractivity contribution is 5.27. The van der Waals surface area contributed by atoms with Crippen molar-refractivity contribution in [3.63, 3.8) is 0 Å². The molecule has 2 rings (SSSR count). The summed E-state index contributed by atoms with van der Waals surface area (Å²) in [4.78, 5) is 0. The molecule has 2 nitrogen and oxygen atoms in total. The van der Waals surface area contributed by atoms with Gasteiger partial charge in [0.2, 0.25) is 0 Å². The summed E-state index contributed by atoms with van der Waals surface area (Å²) in [6, 6.07) is 5.62. The van der Waals surface area contributed by atoms with E-state index in [9.17, 15) is 13.2 Å². The molecular weight excluding hydrogens is 255 g/mol. The Morgan fingerprint density at radius 2 is 2.05 bits per heavy atom. The van der Waals surface area contributed by atoms with E-state index in [1.54, 1.807) is 6.07 Å². The minimum Gasteiger partial charge on any atom is -0.371 e. The van der Waals surface area contributed by atoms with Crippen molar-refractivity contribution in [3.05, 3.63) is 35.4 Å². The third-order valence-corrected chi connectivity index (χ3v) is 3.43. The number of rotatable bonds is 2. The molecule has 0 radical (unpaired) electrons. The quantitative estimate of drug-likeness (QED) is 0.891. The molecule has 0 amide bonds. The molecule has 0 bridgehead atoms. The van der Waals surface area contributed by atoms with Gasteiger partial charge in [-0.05, 0) is 23.6 Å². The predicted octanol–water partition coefficient (Wildman–Crippen LogP) is 3.39. The highest BCUT2D eigenvalue weighted by atomic mass is 19.4. The average Bonchev–Trinajstić information content (AvgIpc) is 2.38. The second-order valence-electron chi connectivity index (χ2n) is 5.20. The van der Waals surface area contributed by atoms with Crippen molar-refractivity contribution in [2.45, 2.75) is 32.2 Å². The van der Waals surface area contributed by atoms with Crippen LogP contribution in [0.4, 0.5) is 13.2 Å². The zero-order valence-electron chi connectivity index (χ0n) is 11.0. The number of halogens is 3. The summed E-state index contributed by atoms with van der Waals surface area (Å²) in [5.74, 6) is 0.447. The number of benzene rings is 1. The van der Waals surface area contributed by atoms with Gasteiger partial charge >= 0.3 is 6.18 Å². The molecule has 1 aromatic carbocycles. The van der Waals surface area contributed by atoms with Gasteiger partial charge in [0.05, 0.1) is 18.3 Å². The lowest BCUT2D eigenvalue weighted by Gasteiger charge is -2.33. The zero-order chi connectivity index (χ0) is 14.0. The molecule has 0 aromatic heterocycles. The van der Waals surface area contributed by atoms with Crippen LogP contribution in [0.2, 0.25) is 0 Å². The lowest BCUT2D eigenvalue weighted by Crippen LogP contribution is -2.45. The van der Waals surface area contributed by atoms with Crippen LogP contribution in [0.3, 0.4) is 0 Å². The molecule has 2 atom stereocenters. The van der Waals surface area contributed by atoms with Crippen molar-refractivity contribution >= 4 is 0 Å². The maximum absolute atomic E-state index is 12.6. The highest BCUT2D eigenvalue weighted by Gasteiger charge is 2.32. The summed E-state index contributed by atoms with van der Waals surface area (Å²) in [5.41, 5.74) is -0.0517. The molecule has 0 saturated carbocycles. The van der Waals surface area contributed by atoms with Gasteiger partial charge in [0, 0.05) is 12.6 Å². The fraction of sp³-hybridized carbons (Fsp3) is 0.571. The van der Waals surface area contributed by atoms with Gasteiger partial charge in [0.15, 0.2) is 0 Å². The number of morpholine rings is 1. The number of hydrogen-bond donors (Lipinski definition) is 1. The smallest absolute Gasteiger partial charge is 0.371 e. The highest BCUT2D eigenvalue weighted by Crippen LogP contribution is 2.32. The van der Waals surface area contributed by atoms with Crippen LogP contribution in [0.15, 0.2) is 24.3 Å². The van der Waals surface area contributed by atoms with E-state index in [4.69, 9.17) is 4.74 Å². The van der Waals surface area contributed by atoms with Crippen LogP contribution in [0.5, 0.6) is 0 Å². The van der Waals surface area contributed by atoms with E-state index in [2.05, 4.69) is 19.2 Å². The van der Waals surface area contributed by atoms with Crippen LogP contribution in [-0.4, -0.2) is 19.2 Å². The standard InChI is InChI=1S/C14H18F3NO/c1-9(2)12-8-19-13(7-18-12)10-4-3-5-11(6-10)14(15,16)17/h3-6,9,12-13,18H,7-8H2,1-2H3. The molecule has 1 aromatic rings. The second-order valence-corrected chi connectivity index (χ2v) is 5.20. The Labute approximate surface area is 111 Å². The molecule has 1 saturated heterocycles. The van der Waals surface area contributed by atoms with Crippen LogP contribution in [-0.2, 0) is 10.9 Å². The maximum atomic E-state index is 12.6. The van der Waals surface area contributed by atoms with Crippen LogP contribution >= 0.6 is 0 Å². The van der Waals surface area contributed by atoms with Crippen molar-refractivity contribution in [3.8, 4) is 0 Å². The van der Waals surface area contributed by atoms with Gasteiger partial charge in [-0.3, -0.25) is 0 Å². The molecule has 1 aliphatic heterocycles. The van der Waals surface area contributed by atoms with Crippen molar-refractivity contribution in [2.75, 3.05) is 13.2 Å². The first-order chi connectivity index (χ1) is 8.88. The molecule has 1 heterocycles. The monoisotopic (exact) mass is 273 g/mol. The average molecular weight is 273 g/mol. The first-order valence-electron chi connectivity index (χ1n) is 6.40. The summed E-state index contributed by atoms with van der Waals surface area (Å²) >= 11 is 0. The van der Waals surface area contributed by atoms with E-state index < -0.39 is 11.7 Å². The van der Waals surface area contributed by atoms with Crippen LogP contribution in [0, 0.1) is 5.92 Å². The SMILES string of the molecule is CC(C)C1COC(c2cccc(C(F)(F)F)c2)CN1. The molecule has 106 valence electrons. The lowest BCUT2D eigenvalue weighted by atomic mass is 10.0. The van der Waals surface area contributed by atoms with Crippen molar-refractivity contribution in [1.82, 2.24) is 5.32 Å². The molecule has 1 aliphatic rings. The van der Waals surface area contributed by atoms with Crippen LogP contribution in [0.25, 0.3) is 0 Å². The second kappa shape index (κ2) is 5.51. The Morgan fingerprint density at radius 3 is 2.58 bits per heavy atom. The summed E-state index contributed by atoms with van der Waals surface area (Å²) in [6.07, 6.45) is -4.62. The van der Waals surface area contributed by atoms with E-state index in [1.165, 1.54) is 12.1 Å². The molecule has 1 N–H and O–H groups in total. The van der Waals surface area contributed by atoms with E-state index in [0.717, 1.165) is 6.07 Å². The third kappa shape index (κ3) is 3.48. The number of alkyl halides is 3. The van der Waals surface area contributed by atoms with E-state index in [1.807, 2.05) is 0 Å². The number of nitrogens with one attached hydrogen (secondary N) is 1. The predicted molar refractivity (Wildman–Crippen MR) is 66.8 cm³/mol. The molecule has 5 heteroatoms. The Kier molecular flexibility index (Phi) is 4.16. The fourth-order valence-electron chi connectivity index (χ4n) is 2.15. The third-order valence-electron chi connectivity index (χ3n) is 3.43. The minimum absolute atomic E-state index is 0.266. The van der Waals surface area contributed by atoms with Gasteiger partial charge in [-0.1, -0.05) is 26.0 Å². The summed E-state index contributed by atoms with van der Waals surface area (Å²) < 4.78 is 43.6. The van der Waals surface area contributed by atoms with Gasteiger partial charge in [0.25, 0.3) is 0 Å². The van der Waals surface area contributed by atoms with E-state index >= 15 is 0 Å². The first kappa shape index (κ1) is 14.3. The minimum atomic E-state index is -4.31. The summed E-state index contributed by atoms with van der Waals surface area (Å²) in [7, 11) is 0. The van der Waals surface area contributed by atoms with Gasteiger partial charge in [-0.15, -0.1) is 0 Å². The largest absolute Gasteiger partial charge is 0.416 e. The first-order valence-corrected chi connectivity index (χ1v) is 6.40. The van der Waals surface area contributed by atoms with Crippen molar-refractivity contribution in [2.24, 2.45) is 5.92 Å². The summed E-state index contributed by atoms with van der Waals surface area (Å²) in [6.45, 7) is 5.25. The zero-order valence-corrected chi connectivity index (χ0v) is 11.0. The molecule has 0 spiro atoms. The Morgan fingerprint density at radius 1 is 1.32 bits per heavy atom. The molecule has 0 aliphatic carbocycles. The Bertz CT molecular complexity index is 423. The van der Waals surface area contributed by atoms with E-state index in [0.29, 0.717) is 24.6 Å². The maximum Gasteiger partial charge on any atom is 0.416 e. The normalized spacial score (nSPS) is 24.7. The van der Waals surface area contributed by atoms with Gasteiger partial charge in [-0.25, -0.2) is 0 Å². The van der Waals surface area contributed by atoms with E-state index in [-0.39, 0.29) is 12.1 Å². The number of ether oxygens (including phenoxy) is 1. The lowest BCUT2D eigenvalue weighted by molar-refractivity contribution is -0.137. The fourth-order valence-corrected chi connectivity index (χ4v) is 2.15.